The zero-order chi connectivity index (χ0) is 14.5. The van der Waals surface area contributed by atoms with E-state index in [4.69, 9.17) is 9.47 Å². The minimum absolute atomic E-state index is 0.0949. The lowest BCUT2D eigenvalue weighted by Crippen LogP contribution is -2.28. The molecule has 1 aliphatic carbocycles. The van der Waals surface area contributed by atoms with E-state index in [2.05, 4.69) is 21.2 Å². The lowest BCUT2D eigenvalue weighted by Gasteiger charge is -2.13. The topological polar surface area (TPSA) is 47.6 Å². The Hall–Kier alpha value is -1.23. The molecule has 1 aromatic carbocycles. The number of halogens is 1. The maximum absolute atomic E-state index is 12.2. The van der Waals surface area contributed by atoms with Gasteiger partial charge in [0.2, 0.25) is 0 Å². The van der Waals surface area contributed by atoms with E-state index in [-0.39, 0.29) is 5.91 Å². The van der Waals surface area contributed by atoms with Crippen LogP contribution in [0.25, 0.3) is 0 Å². The number of benzene rings is 1. The Labute approximate surface area is 128 Å². The first-order valence-corrected chi connectivity index (χ1v) is 7.70. The molecule has 0 saturated heterocycles. The van der Waals surface area contributed by atoms with Gasteiger partial charge in [0, 0.05) is 17.4 Å². The van der Waals surface area contributed by atoms with Crippen molar-refractivity contribution < 1.29 is 14.3 Å². The average molecular weight is 342 g/mol. The first kappa shape index (κ1) is 15.2. The average Bonchev–Trinajstić information content (AvgIpc) is 2.89. The molecule has 110 valence electrons. The van der Waals surface area contributed by atoms with Crippen molar-refractivity contribution in [2.75, 3.05) is 20.8 Å². The monoisotopic (exact) mass is 341 g/mol. The Morgan fingerprint density at radius 1 is 1.35 bits per heavy atom. The Bertz CT molecular complexity index is 478. The van der Waals surface area contributed by atoms with Crippen molar-refractivity contribution in [1.82, 2.24) is 5.32 Å². The molecule has 1 saturated carbocycles. The summed E-state index contributed by atoms with van der Waals surface area (Å²) in [5.41, 5.74) is 0.543. The minimum atomic E-state index is -0.0949. The van der Waals surface area contributed by atoms with Crippen LogP contribution in [0.5, 0.6) is 11.5 Å². The number of rotatable bonds is 5. The van der Waals surface area contributed by atoms with E-state index in [1.54, 1.807) is 32.4 Å². The molecule has 1 aromatic rings. The fourth-order valence-corrected chi connectivity index (χ4v) is 3.31. The number of carbonyl (C=O) groups excluding carboxylic acids is 1. The standard InChI is InChI=1S/C15H20BrNO3/c1-19-12-5-6-13(14(8-12)20-2)15(18)17-9-10-3-4-11(16)7-10/h5-6,8,10-11H,3-4,7,9H2,1-2H3,(H,17,18). The Balaban J connectivity index is 1.98. The van der Waals surface area contributed by atoms with E-state index in [0.29, 0.717) is 27.8 Å². The molecular weight excluding hydrogens is 322 g/mol. The van der Waals surface area contributed by atoms with E-state index >= 15 is 0 Å². The van der Waals surface area contributed by atoms with Gasteiger partial charge in [-0.05, 0) is 37.3 Å². The number of ether oxygens (including phenoxy) is 2. The van der Waals surface area contributed by atoms with Gasteiger partial charge < -0.3 is 14.8 Å². The third kappa shape index (κ3) is 3.66. The molecule has 1 fully saturated rings. The summed E-state index contributed by atoms with van der Waals surface area (Å²) in [5.74, 6) is 1.68. The number of hydrogen-bond acceptors (Lipinski definition) is 3. The largest absolute Gasteiger partial charge is 0.497 e. The summed E-state index contributed by atoms with van der Waals surface area (Å²) in [6.07, 6.45) is 3.47. The van der Waals surface area contributed by atoms with Gasteiger partial charge in [0.25, 0.3) is 5.91 Å². The molecule has 20 heavy (non-hydrogen) atoms. The molecule has 5 heteroatoms. The van der Waals surface area contributed by atoms with E-state index in [1.165, 1.54) is 6.42 Å². The molecule has 2 unspecified atom stereocenters. The van der Waals surface area contributed by atoms with E-state index in [1.807, 2.05) is 0 Å². The van der Waals surface area contributed by atoms with Crippen molar-refractivity contribution in [1.29, 1.82) is 0 Å². The number of amides is 1. The van der Waals surface area contributed by atoms with Gasteiger partial charge in [-0.2, -0.15) is 0 Å². The molecule has 0 heterocycles. The van der Waals surface area contributed by atoms with Crippen LogP contribution in [0.2, 0.25) is 0 Å². The summed E-state index contributed by atoms with van der Waals surface area (Å²) in [5, 5.41) is 2.99. The van der Waals surface area contributed by atoms with Crippen LogP contribution in [0.3, 0.4) is 0 Å². The molecule has 2 atom stereocenters. The Kier molecular flexibility index (Phi) is 5.29. The number of nitrogens with one attached hydrogen (secondary N) is 1. The minimum Gasteiger partial charge on any atom is -0.497 e. The molecule has 0 aliphatic heterocycles. The number of carbonyl (C=O) groups is 1. The number of methoxy groups -OCH3 is 2. The molecule has 0 aromatic heterocycles. The lowest BCUT2D eigenvalue weighted by molar-refractivity contribution is 0.0944. The smallest absolute Gasteiger partial charge is 0.255 e. The zero-order valence-corrected chi connectivity index (χ0v) is 13.4. The molecule has 0 bridgehead atoms. The number of alkyl halides is 1. The van der Waals surface area contributed by atoms with Crippen molar-refractivity contribution in [3.05, 3.63) is 23.8 Å². The second-order valence-corrected chi connectivity index (χ2v) is 6.35. The quantitative estimate of drug-likeness (QED) is 0.837. The van der Waals surface area contributed by atoms with E-state index in [0.717, 1.165) is 19.4 Å². The van der Waals surface area contributed by atoms with Crippen LogP contribution in [0.4, 0.5) is 0 Å². The second-order valence-electron chi connectivity index (χ2n) is 5.05. The molecule has 2 rings (SSSR count). The molecule has 1 N–H and O–H groups in total. The maximum atomic E-state index is 12.2. The van der Waals surface area contributed by atoms with Gasteiger partial charge in [0.1, 0.15) is 11.5 Å². The fraction of sp³-hybridized carbons (Fsp3) is 0.533. The number of hydrogen-bond donors (Lipinski definition) is 1. The summed E-state index contributed by atoms with van der Waals surface area (Å²) < 4.78 is 10.4. The summed E-state index contributed by atoms with van der Waals surface area (Å²) in [4.78, 5) is 12.8. The van der Waals surface area contributed by atoms with Crippen LogP contribution in [0.1, 0.15) is 29.6 Å². The van der Waals surface area contributed by atoms with E-state index in [9.17, 15) is 4.79 Å². The summed E-state index contributed by atoms with van der Waals surface area (Å²) in [6, 6.07) is 5.22. The second kappa shape index (κ2) is 6.97. The van der Waals surface area contributed by atoms with E-state index < -0.39 is 0 Å². The molecule has 1 aliphatic rings. The van der Waals surface area contributed by atoms with Gasteiger partial charge in [-0.15, -0.1) is 0 Å². The van der Waals surface area contributed by atoms with Crippen LogP contribution >= 0.6 is 15.9 Å². The third-order valence-electron chi connectivity index (χ3n) is 3.68. The van der Waals surface area contributed by atoms with Gasteiger partial charge >= 0.3 is 0 Å². The van der Waals surface area contributed by atoms with Crippen molar-refractivity contribution in [2.45, 2.75) is 24.1 Å². The Morgan fingerprint density at radius 2 is 2.15 bits per heavy atom. The highest BCUT2D eigenvalue weighted by atomic mass is 79.9. The van der Waals surface area contributed by atoms with Crippen LogP contribution in [-0.2, 0) is 0 Å². The molecule has 1 amide bonds. The van der Waals surface area contributed by atoms with Gasteiger partial charge in [0.05, 0.1) is 19.8 Å². The summed E-state index contributed by atoms with van der Waals surface area (Å²) in [6.45, 7) is 0.718. The molecule has 0 spiro atoms. The highest BCUT2D eigenvalue weighted by Gasteiger charge is 2.23. The highest BCUT2D eigenvalue weighted by Crippen LogP contribution is 2.30. The highest BCUT2D eigenvalue weighted by molar-refractivity contribution is 9.09. The van der Waals surface area contributed by atoms with Crippen molar-refractivity contribution >= 4 is 21.8 Å². The molecule has 0 radical (unpaired) electrons. The Morgan fingerprint density at radius 3 is 2.75 bits per heavy atom. The third-order valence-corrected chi connectivity index (χ3v) is 4.51. The molecular formula is C15H20BrNO3. The normalized spacial score (nSPS) is 21.6. The van der Waals surface area contributed by atoms with Gasteiger partial charge in [0.15, 0.2) is 0 Å². The van der Waals surface area contributed by atoms with Gasteiger partial charge in [-0.25, -0.2) is 0 Å². The summed E-state index contributed by atoms with van der Waals surface area (Å²) in [7, 11) is 3.14. The van der Waals surface area contributed by atoms with Crippen LogP contribution < -0.4 is 14.8 Å². The molecule has 4 nitrogen and oxygen atoms in total. The van der Waals surface area contributed by atoms with Crippen molar-refractivity contribution in [3.63, 3.8) is 0 Å². The first-order chi connectivity index (χ1) is 9.63. The summed E-state index contributed by atoms with van der Waals surface area (Å²) >= 11 is 3.62. The lowest BCUT2D eigenvalue weighted by atomic mass is 10.1. The van der Waals surface area contributed by atoms with Crippen molar-refractivity contribution in [2.24, 2.45) is 5.92 Å². The predicted octanol–water partition coefficient (Wildman–Crippen LogP) is 3.00. The SMILES string of the molecule is COc1ccc(C(=O)NCC2CCC(Br)C2)c(OC)c1. The van der Waals surface area contributed by atoms with Crippen molar-refractivity contribution in [3.8, 4) is 11.5 Å². The van der Waals surface area contributed by atoms with Gasteiger partial charge in [-0.1, -0.05) is 15.9 Å². The van der Waals surface area contributed by atoms with Crippen LogP contribution in [0, 0.1) is 5.92 Å². The zero-order valence-electron chi connectivity index (χ0n) is 11.8. The first-order valence-electron chi connectivity index (χ1n) is 6.78. The van der Waals surface area contributed by atoms with Crippen LogP contribution in [-0.4, -0.2) is 31.5 Å². The fourth-order valence-electron chi connectivity index (χ4n) is 2.52. The maximum Gasteiger partial charge on any atom is 0.255 e. The van der Waals surface area contributed by atoms with Crippen LogP contribution in [0.15, 0.2) is 18.2 Å². The van der Waals surface area contributed by atoms with Gasteiger partial charge in [-0.3, -0.25) is 4.79 Å². The predicted molar refractivity (Wildman–Crippen MR) is 81.9 cm³/mol.